The average molecular weight is 377 g/mol. The van der Waals surface area contributed by atoms with Crippen molar-refractivity contribution < 1.29 is 13.2 Å². The third kappa shape index (κ3) is 5.72. The molecule has 0 atom stereocenters. The number of thioether (sulfide) groups is 1. The van der Waals surface area contributed by atoms with Crippen molar-refractivity contribution >= 4 is 32.9 Å². The summed E-state index contributed by atoms with van der Waals surface area (Å²) in [6.45, 7) is 2.50. The molecular weight excluding hydrogens is 356 g/mol. The maximum atomic E-state index is 12.6. The predicted molar refractivity (Wildman–Crippen MR) is 104 cm³/mol. The fourth-order valence-corrected chi connectivity index (χ4v) is 3.26. The van der Waals surface area contributed by atoms with Crippen molar-refractivity contribution in [3.05, 3.63) is 66.2 Å². The van der Waals surface area contributed by atoms with Crippen LogP contribution in [0.1, 0.15) is 18.9 Å². The minimum absolute atomic E-state index is 0.102. The second-order valence-corrected chi connectivity index (χ2v) is 7.36. The van der Waals surface area contributed by atoms with E-state index in [1.165, 1.54) is 23.9 Å². The van der Waals surface area contributed by atoms with E-state index in [1.807, 2.05) is 19.2 Å². The van der Waals surface area contributed by atoms with Gasteiger partial charge in [-0.15, -0.1) is 4.40 Å². The summed E-state index contributed by atoms with van der Waals surface area (Å²) < 4.78 is 34.7. The van der Waals surface area contributed by atoms with Gasteiger partial charge in [0.2, 0.25) is 0 Å². The lowest BCUT2D eigenvalue weighted by Gasteiger charge is -2.07. The van der Waals surface area contributed by atoms with Crippen LogP contribution in [-0.4, -0.2) is 32.3 Å². The second-order valence-electron chi connectivity index (χ2n) is 5.00. The van der Waals surface area contributed by atoms with Gasteiger partial charge in [-0.1, -0.05) is 67.2 Å². The number of rotatable bonds is 5. The molecule has 0 spiro atoms. The van der Waals surface area contributed by atoms with E-state index < -0.39 is 10.0 Å². The molecule has 2 rings (SSSR count). The Morgan fingerprint density at radius 3 is 2.20 bits per heavy atom. The third-order valence-electron chi connectivity index (χ3n) is 3.08. The van der Waals surface area contributed by atoms with E-state index in [2.05, 4.69) is 9.39 Å². The van der Waals surface area contributed by atoms with Crippen LogP contribution in [0, 0.1) is 0 Å². The zero-order valence-corrected chi connectivity index (χ0v) is 15.8. The van der Waals surface area contributed by atoms with E-state index in [0.717, 1.165) is 6.42 Å². The minimum Gasteiger partial charge on any atom is -0.473 e. The summed E-state index contributed by atoms with van der Waals surface area (Å²) in [5.41, 5.74) is 0.605. The Labute approximate surface area is 152 Å². The van der Waals surface area contributed by atoms with Gasteiger partial charge in [0, 0.05) is 5.56 Å². The number of aliphatic imine (C=N–C) groups is 1. The lowest BCUT2D eigenvalue weighted by molar-refractivity contribution is 0.315. The van der Waals surface area contributed by atoms with Crippen molar-refractivity contribution in [1.29, 1.82) is 0 Å². The lowest BCUT2D eigenvalue weighted by Crippen LogP contribution is -2.09. The topological polar surface area (TPSA) is 68.1 Å². The molecule has 132 valence electrons. The van der Waals surface area contributed by atoms with Crippen molar-refractivity contribution in [2.75, 3.05) is 12.9 Å². The first-order chi connectivity index (χ1) is 12.1. The van der Waals surface area contributed by atoms with E-state index in [4.69, 9.17) is 4.74 Å². The van der Waals surface area contributed by atoms with Gasteiger partial charge in [-0.2, -0.15) is 13.4 Å². The summed E-state index contributed by atoms with van der Waals surface area (Å²) in [6, 6.07) is 17.1. The zero-order chi connectivity index (χ0) is 18.1. The van der Waals surface area contributed by atoms with Gasteiger partial charge in [0.25, 0.3) is 15.3 Å². The molecule has 5 nitrogen and oxygen atoms in total. The number of sulfonamides is 1. The molecule has 0 radical (unpaired) electrons. The first kappa shape index (κ1) is 19.2. The molecule has 25 heavy (non-hydrogen) atoms. The Hall–Kier alpha value is -2.12. The van der Waals surface area contributed by atoms with E-state index in [1.54, 1.807) is 42.5 Å². The van der Waals surface area contributed by atoms with Gasteiger partial charge in [-0.3, -0.25) is 0 Å². The molecule has 7 heteroatoms. The number of hydrogen-bond acceptors (Lipinski definition) is 4. The molecule has 0 aliphatic carbocycles. The number of ether oxygens (including phenoxy) is 1. The summed E-state index contributed by atoms with van der Waals surface area (Å²) in [5, 5.41) is 0.382. The molecule has 0 bridgehead atoms. The molecular formula is C18H20N2O3S2. The van der Waals surface area contributed by atoms with E-state index in [9.17, 15) is 8.42 Å². The van der Waals surface area contributed by atoms with Gasteiger partial charge < -0.3 is 4.74 Å². The van der Waals surface area contributed by atoms with Crippen LogP contribution in [0.5, 0.6) is 0 Å². The molecule has 0 aliphatic rings. The van der Waals surface area contributed by atoms with Crippen molar-refractivity contribution in [1.82, 2.24) is 0 Å². The quantitative estimate of drug-likeness (QED) is 0.585. The van der Waals surface area contributed by atoms with Crippen LogP contribution in [0.3, 0.4) is 0 Å². The highest BCUT2D eigenvalue weighted by Gasteiger charge is 2.15. The maximum absolute atomic E-state index is 12.6. The summed E-state index contributed by atoms with van der Waals surface area (Å²) in [7, 11) is -3.87. The van der Waals surface area contributed by atoms with Gasteiger partial charge in [0.15, 0.2) is 5.84 Å². The Kier molecular flexibility index (Phi) is 7.21. The van der Waals surface area contributed by atoms with Crippen LogP contribution in [0.25, 0.3) is 0 Å². The third-order valence-corrected chi connectivity index (χ3v) is 4.92. The van der Waals surface area contributed by atoms with Gasteiger partial charge in [-0.25, -0.2) is 0 Å². The molecule has 2 aromatic rings. The Morgan fingerprint density at radius 2 is 1.64 bits per heavy atom. The van der Waals surface area contributed by atoms with Crippen LogP contribution in [0.4, 0.5) is 0 Å². The van der Waals surface area contributed by atoms with Gasteiger partial charge >= 0.3 is 0 Å². The van der Waals surface area contributed by atoms with E-state index in [-0.39, 0.29) is 10.7 Å². The number of hydrogen-bond donors (Lipinski definition) is 0. The highest BCUT2D eigenvalue weighted by Crippen LogP contribution is 2.15. The van der Waals surface area contributed by atoms with Crippen LogP contribution < -0.4 is 0 Å². The lowest BCUT2D eigenvalue weighted by atomic mass is 10.2. The number of amidine groups is 1. The Bertz CT molecular complexity index is 833. The Morgan fingerprint density at radius 1 is 1.04 bits per heavy atom. The number of nitrogens with zero attached hydrogens (tertiary/aromatic N) is 2. The fourth-order valence-electron chi connectivity index (χ4n) is 1.90. The molecule has 0 aliphatic heterocycles. The number of benzene rings is 2. The summed E-state index contributed by atoms with van der Waals surface area (Å²) in [5.74, 6) is 0.102. The fraction of sp³-hybridized carbons (Fsp3) is 0.222. The highest BCUT2D eigenvalue weighted by atomic mass is 32.2. The summed E-state index contributed by atoms with van der Waals surface area (Å²) in [4.78, 5) is 4.47. The molecule has 0 amide bonds. The first-order valence-corrected chi connectivity index (χ1v) is 10.4. The molecule has 0 saturated heterocycles. The van der Waals surface area contributed by atoms with Crippen LogP contribution in [0.2, 0.25) is 0 Å². The largest absolute Gasteiger partial charge is 0.473 e. The molecule has 0 saturated carbocycles. The van der Waals surface area contributed by atoms with Gasteiger partial charge in [0.05, 0.1) is 11.5 Å². The molecule has 2 aromatic carbocycles. The molecule has 0 unspecified atom stereocenters. The first-order valence-electron chi connectivity index (χ1n) is 7.77. The normalized spacial score (nSPS) is 12.9. The van der Waals surface area contributed by atoms with E-state index >= 15 is 0 Å². The highest BCUT2D eigenvalue weighted by molar-refractivity contribution is 8.13. The average Bonchev–Trinajstić information content (AvgIpc) is 2.65. The molecule has 0 aromatic heterocycles. The van der Waals surface area contributed by atoms with E-state index in [0.29, 0.717) is 17.4 Å². The monoisotopic (exact) mass is 376 g/mol. The standard InChI is InChI=1S/C18H20N2O3S2/c1-3-14-23-18(24-2)19-17(15-10-6-4-7-11-15)20-25(21,22)16-12-8-5-9-13-16/h4-13H,3,14H2,1-2H3/b19-18?,20-17+. The molecule has 0 N–H and O–H groups in total. The SMILES string of the molecule is CCCOC(=N/C(=N/S(=O)(=O)c1ccccc1)c1ccccc1)SC. The van der Waals surface area contributed by atoms with Crippen LogP contribution in [-0.2, 0) is 14.8 Å². The maximum Gasteiger partial charge on any atom is 0.284 e. The molecule has 0 heterocycles. The van der Waals surface area contributed by atoms with Crippen LogP contribution in [0.15, 0.2) is 74.9 Å². The molecule has 0 fully saturated rings. The van der Waals surface area contributed by atoms with Crippen molar-refractivity contribution in [3.63, 3.8) is 0 Å². The van der Waals surface area contributed by atoms with Gasteiger partial charge in [-0.05, 0) is 24.8 Å². The summed E-state index contributed by atoms with van der Waals surface area (Å²) in [6.07, 6.45) is 2.66. The zero-order valence-electron chi connectivity index (χ0n) is 14.1. The van der Waals surface area contributed by atoms with Crippen LogP contribution >= 0.6 is 11.8 Å². The van der Waals surface area contributed by atoms with Crippen molar-refractivity contribution in [2.24, 2.45) is 9.39 Å². The van der Waals surface area contributed by atoms with Crippen molar-refractivity contribution in [2.45, 2.75) is 18.2 Å². The smallest absolute Gasteiger partial charge is 0.284 e. The van der Waals surface area contributed by atoms with Gasteiger partial charge in [0.1, 0.15) is 0 Å². The summed E-state index contributed by atoms with van der Waals surface area (Å²) >= 11 is 1.31. The van der Waals surface area contributed by atoms with Crippen molar-refractivity contribution in [3.8, 4) is 0 Å². The second kappa shape index (κ2) is 9.39. The minimum atomic E-state index is -3.87. The Balaban J connectivity index is 2.50. The predicted octanol–water partition coefficient (Wildman–Crippen LogP) is 3.97.